The molecule has 360 valence electrons. The molecule has 6 atom stereocenters. The van der Waals surface area contributed by atoms with E-state index < -0.39 is 121 Å². The molecule has 0 bridgehead atoms. The molecule has 2 fully saturated rings. The van der Waals surface area contributed by atoms with Gasteiger partial charge in [-0.15, -0.1) is 0 Å². The van der Waals surface area contributed by atoms with Crippen LogP contribution in [0.3, 0.4) is 0 Å². The van der Waals surface area contributed by atoms with Crippen molar-refractivity contribution in [2.24, 2.45) is 11.5 Å². The highest BCUT2D eigenvalue weighted by Gasteiger charge is 2.40. The van der Waals surface area contributed by atoms with E-state index in [-0.39, 0.29) is 43.1 Å². The number of primary amides is 2. The molecule has 2 aromatic rings. The summed E-state index contributed by atoms with van der Waals surface area (Å²) in [5.41, 5.74) is 12.1. The van der Waals surface area contributed by atoms with Crippen molar-refractivity contribution >= 4 is 80.8 Å². The number of nitrogens with two attached hydrogens (primary N) is 2. The second-order valence-corrected chi connectivity index (χ2v) is 17.4. The number of amides is 8. The summed E-state index contributed by atoms with van der Waals surface area (Å²) in [7, 11) is 2.29. The summed E-state index contributed by atoms with van der Waals surface area (Å²) < 4.78 is 31.7. The van der Waals surface area contributed by atoms with Crippen molar-refractivity contribution in [1.82, 2.24) is 31.5 Å². The summed E-state index contributed by atoms with van der Waals surface area (Å²) in [4.78, 5) is 129. The molecule has 66 heavy (non-hydrogen) atoms. The maximum absolute atomic E-state index is 14.0. The average molecular weight is 971 g/mol. The van der Waals surface area contributed by atoms with E-state index in [4.69, 9.17) is 21.4 Å². The van der Waals surface area contributed by atoms with Gasteiger partial charge >= 0.3 is 18.1 Å². The molecule has 12 N–H and O–H groups in total. The maximum Gasteiger partial charge on any atom is 0.490 e. The van der Waals surface area contributed by atoms with Crippen LogP contribution in [0.5, 0.6) is 5.75 Å². The predicted molar refractivity (Wildman–Crippen MR) is 229 cm³/mol. The number of hydrogen-bond acceptors (Lipinski definition) is 13. The Balaban J connectivity index is 0.00000152. The number of carboxylic acid groups (broad SMARTS) is 2. The number of phenols is 1. The Bertz CT molecular complexity index is 2090. The lowest BCUT2D eigenvalue weighted by molar-refractivity contribution is -0.192. The van der Waals surface area contributed by atoms with Gasteiger partial charge in [-0.1, -0.05) is 64.1 Å². The number of nitrogens with one attached hydrogen (secondary N) is 5. The number of halogens is 3. The van der Waals surface area contributed by atoms with Gasteiger partial charge in [-0.05, 0) is 42.5 Å². The number of likely N-dealkylation sites (tertiary alicyclic amines) is 1. The van der Waals surface area contributed by atoms with Crippen LogP contribution in [-0.2, 0) is 60.8 Å². The third-order valence-corrected chi connectivity index (χ3v) is 12.1. The lowest BCUT2D eigenvalue weighted by Gasteiger charge is -2.29. The first-order chi connectivity index (χ1) is 31.0. The van der Waals surface area contributed by atoms with Gasteiger partial charge in [0.05, 0.1) is 6.42 Å². The summed E-state index contributed by atoms with van der Waals surface area (Å²) in [6.45, 7) is 0.174. The molecule has 2 aliphatic rings. The number of alkyl halides is 3. The van der Waals surface area contributed by atoms with Crippen LogP contribution in [0.15, 0.2) is 54.6 Å². The Labute approximate surface area is 382 Å². The largest absolute Gasteiger partial charge is 0.508 e. The Morgan fingerprint density at radius 3 is 1.82 bits per heavy atom. The van der Waals surface area contributed by atoms with Gasteiger partial charge in [0.15, 0.2) is 0 Å². The van der Waals surface area contributed by atoms with Crippen LogP contribution in [0.1, 0.15) is 49.7 Å². The van der Waals surface area contributed by atoms with Crippen molar-refractivity contribution in [1.29, 1.82) is 0 Å². The first-order valence-corrected chi connectivity index (χ1v) is 22.5. The third kappa shape index (κ3) is 18.1. The molecule has 26 heteroatoms. The van der Waals surface area contributed by atoms with Gasteiger partial charge in [0.1, 0.15) is 42.0 Å². The number of hydrogen-bond donors (Lipinski definition) is 10. The number of carbonyl (C=O) groups is 10. The zero-order valence-electron chi connectivity index (χ0n) is 34.9. The minimum absolute atomic E-state index is 0.0216. The maximum atomic E-state index is 14.0. The highest BCUT2D eigenvalue weighted by molar-refractivity contribution is 8.76. The average Bonchev–Trinajstić information content (AvgIpc) is 3.75. The van der Waals surface area contributed by atoms with Gasteiger partial charge in [0.25, 0.3) is 0 Å². The molecular weight excluding hydrogens is 922 g/mol. The monoisotopic (exact) mass is 970 g/mol. The summed E-state index contributed by atoms with van der Waals surface area (Å²) in [6, 6.07) is 6.32. The minimum atomic E-state index is -5.08. The number of phenolic OH excluding ortho intramolecular Hbond substituents is 1. The molecule has 2 heterocycles. The highest BCUT2D eigenvalue weighted by Crippen LogP contribution is 2.26. The number of rotatable bonds is 11. The van der Waals surface area contributed by atoms with Crippen LogP contribution >= 0.6 is 21.6 Å². The molecule has 21 nitrogen and oxygen atoms in total. The lowest BCUT2D eigenvalue weighted by Crippen LogP contribution is -2.60. The van der Waals surface area contributed by atoms with Crippen molar-refractivity contribution in [2.75, 3.05) is 18.1 Å². The third-order valence-electron chi connectivity index (χ3n) is 9.71. The van der Waals surface area contributed by atoms with Gasteiger partial charge in [-0.25, -0.2) is 4.79 Å². The van der Waals surface area contributed by atoms with Gasteiger partial charge in [0, 0.05) is 43.7 Å². The molecule has 2 aliphatic heterocycles. The Morgan fingerprint density at radius 2 is 1.26 bits per heavy atom. The quantitative estimate of drug-likeness (QED) is 0.124. The number of aromatic hydroxyl groups is 1. The first-order valence-electron chi connectivity index (χ1n) is 20.0. The van der Waals surface area contributed by atoms with Crippen LogP contribution in [-0.4, -0.2) is 140 Å². The van der Waals surface area contributed by atoms with Crippen LogP contribution in [0, 0.1) is 0 Å². The molecule has 2 aromatic carbocycles. The zero-order chi connectivity index (χ0) is 49.1. The van der Waals surface area contributed by atoms with Crippen molar-refractivity contribution < 1.29 is 76.4 Å². The molecule has 4 rings (SSSR count). The molecule has 0 radical (unpaired) electrons. The van der Waals surface area contributed by atoms with E-state index >= 15 is 0 Å². The first kappa shape index (κ1) is 53.8. The Morgan fingerprint density at radius 1 is 0.727 bits per heavy atom. The normalized spacial score (nSPS) is 22.7. The fourth-order valence-electron chi connectivity index (χ4n) is 6.45. The number of benzene rings is 2. The summed E-state index contributed by atoms with van der Waals surface area (Å²) in [5.74, 6) is -10.7. The SMILES string of the molecule is NC(=O)C[C@@H]1NC(=O)[C@H](CCC(=O)O)NC(=O)[C@H](Cc2ccccc2)NC(=O)[C@H](Cc2ccc(O)cc2)NC(=O)CCSSC[C@@H](C(=O)N2CCC[C@H]2C(N)=O)NC1=O.O=C(O)C(F)(F)F. The van der Waals surface area contributed by atoms with Gasteiger partial charge in [-0.2, -0.15) is 13.2 Å². The molecule has 2 saturated heterocycles. The summed E-state index contributed by atoms with van der Waals surface area (Å²) in [5, 5.41) is 39.2. The van der Waals surface area contributed by atoms with E-state index in [2.05, 4.69) is 26.6 Å². The smallest absolute Gasteiger partial charge is 0.490 e. The van der Waals surface area contributed by atoms with Crippen molar-refractivity contribution in [3.63, 3.8) is 0 Å². The number of aliphatic carboxylic acids is 2. The van der Waals surface area contributed by atoms with Crippen LogP contribution in [0.2, 0.25) is 0 Å². The van der Waals surface area contributed by atoms with Crippen LogP contribution in [0.4, 0.5) is 13.2 Å². The molecular formula is C40H49F3N8O13S2. The highest BCUT2D eigenvalue weighted by atomic mass is 33.1. The second kappa shape index (κ2) is 25.8. The molecule has 0 unspecified atom stereocenters. The van der Waals surface area contributed by atoms with E-state index in [1.54, 1.807) is 42.5 Å². The Hall–Kier alpha value is -6.57. The van der Waals surface area contributed by atoms with Crippen molar-refractivity contribution in [2.45, 2.75) is 93.8 Å². The summed E-state index contributed by atoms with van der Waals surface area (Å²) >= 11 is 0. The predicted octanol–water partition coefficient (Wildman–Crippen LogP) is -0.764. The van der Waals surface area contributed by atoms with Gasteiger partial charge in [-0.3, -0.25) is 43.2 Å². The van der Waals surface area contributed by atoms with Gasteiger partial charge in [0.2, 0.25) is 47.3 Å². The topological polar surface area (TPSA) is 347 Å². The minimum Gasteiger partial charge on any atom is -0.508 e. The number of nitrogens with zero attached hydrogens (tertiary/aromatic N) is 1. The zero-order valence-corrected chi connectivity index (χ0v) is 36.5. The molecule has 0 aliphatic carbocycles. The number of carboxylic acids is 2. The fraction of sp³-hybridized carbons (Fsp3) is 0.450. The van der Waals surface area contributed by atoms with Crippen LogP contribution in [0.25, 0.3) is 0 Å². The molecule has 0 aromatic heterocycles. The van der Waals surface area contributed by atoms with Crippen molar-refractivity contribution in [3.8, 4) is 5.75 Å². The van der Waals surface area contributed by atoms with Crippen molar-refractivity contribution in [3.05, 3.63) is 65.7 Å². The molecule has 0 saturated carbocycles. The number of carbonyl (C=O) groups excluding carboxylic acids is 8. The van der Waals surface area contributed by atoms with E-state index in [1.165, 1.54) is 27.8 Å². The van der Waals surface area contributed by atoms with E-state index in [1.807, 2.05) is 0 Å². The molecule has 8 amide bonds. The van der Waals surface area contributed by atoms with E-state index in [0.717, 1.165) is 10.8 Å². The van der Waals surface area contributed by atoms with Gasteiger partial charge < -0.3 is 58.3 Å². The fourth-order valence-corrected chi connectivity index (χ4v) is 8.59. The van der Waals surface area contributed by atoms with Crippen LogP contribution < -0.4 is 38.1 Å². The van der Waals surface area contributed by atoms with E-state index in [0.29, 0.717) is 24.0 Å². The Kier molecular flexibility index (Phi) is 21.0. The second-order valence-electron chi connectivity index (χ2n) is 14.8. The van der Waals surface area contributed by atoms with E-state index in [9.17, 15) is 66.5 Å². The summed E-state index contributed by atoms with van der Waals surface area (Å²) in [6.07, 6.45) is -6.40. The molecule has 0 spiro atoms. The lowest BCUT2D eigenvalue weighted by atomic mass is 10.0. The standard InChI is InChI=1S/C38H48N8O11S2.C2HF3O2/c39-30(48)19-27-37(56)45-28(38(57)46-15-4-7-29(46)33(40)52)20-59-58-16-14-31(49)41-25(18-22-8-10-23(47)11-9-22)35(54)43-26(17-21-5-2-1-3-6-21)36(55)42-24(34(53)44-27)12-13-32(50)51;3-2(4,5)1(6)7/h1-3,5-6,8-11,24-29,47H,4,7,12-20H2,(H2,39,48)(H2,40,52)(H,41,49)(H,42,55)(H,43,54)(H,44,53)(H,45,56)(H,50,51);(H,6,7)/t24-,25-,26-,27-,28-,29-;/m0./s1.